The van der Waals surface area contributed by atoms with Crippen LogP contribution in [-0.2, 0) is 0 Å². The van der Waals surface area contributed by atoms with Gasteiger partial charge in [-0.15, -0.1) is 0 Å². The van der Waals surface area contributed by atoms with Crippen molar-refractivity contribution < 1.29 is 14.3 Å². The Morgan fingerprint density at radius 1 is 1.07 bits per heavy atom. The monoisotopic (exact) mass is 401 g/mol. The Kier molecular flexibility index (Phi) is 5.39. The topological polar surface area (TPSA) is 76.2 Å². The van der Waals surface area contributed by atoms with Crippen molar-refractivity contribution >= 4 is 22.4 Å². The fraction of sp³-hybridized carbons (Fsp3) is 0.167. The van der Waals surface area contributed by atoms with Crippen LogP contribution >= 0.6 is 0 Å². The molecule has 6 heteroatoms. The van der Waals surface area contributed by atoms with E-state index in [-0.39, 0.29) is 5.78 Å². The number of nitrogens with zero attached hydrogens (tertiary/aromatic N) is 1. The molecule has 0 saturated carbocycles. The van der Waals surface area contributed by atoms with Crippen molar-refractivity contribution in [2.24, 2.45) is 0 Å². The standard InChI is InChI=1S/C24H23N3O3/c1-15-6-4-9-19-20(14-26-22(15)19)24(28)23(16-10-11-21(30-3)25-13-16)27-17-7-5-8-18(12-17)29-2/h4-14,23,26-27H,1-3H3. The molecule has 2 aromatic carbocycles. The SMILES string of the molecule is COc1cccc(NC(C(=O)c2c[nH]c3c(C)cccc23)c2ccc(OC)nc2)c1. The van der Waals surface area contributed by atoms with Crippen LogP contribution in [0.3, 0.4) is 0 Å². The molecule has 0 amide bonds. The minimum atomic E-state index is -0.630. The summed E-state index contributed by atoms with van der Waals surface area (Å²) in [7, 11) is 3.18. The van der Waals surface area contributed by atoms with E-state index in [1.807, 2.05) is 55.5 Å². The van der Waals surface area contributed by atoms with E-state index in [9.17, 15) is 4.79 Å². The summed E-state index contributed by atoms with van der Waals surface area (Å²) in [5.74, 6) is 1.15. The molecule has 4 aromatic rings. The maximum atomic E-state index is 13.7. The number of carbonyl (C=O) groups is 1. The molecule has 0 fully saturated rings. The number of aromatic amines is 1. The van der Waals surface area contributed by atoms with E-state index >= 15 is 0 Å². The lowest BCUT2D eigenvalue weighted by molar-refractivity contribution is 0.0971. The summed E-state index contributed by atoms with van der Waals surface area (Å²) in [5.41, 5.74) is 4.21. The molecular formula is C24H23N3O3. The molecule has 2 aromatic heterocycles. The predicted molar refractivity (Wildman–Crippen MR) is 118 cm³/mol. The number of carbonyl (C=O) groups excluding carboxylic acids is 1. The van der Waals surface area contributed by atoms with Crippen molar-refractivity contribution in [2.75, 3.05) is 19.5 Å². The van der Waals surface area contributed by atoms with Gasteiger partial charge in [-0.25, -0.2) is 4.98 Å². The van der Waals surface area contributed by atoms with Crippen molar-refractivity contribution in [2.45, 2.75) is 13.0 Å². The van der Waals surface area contributed by atoms with Gasteiger partial charge in [0.1, 0.15) is 11.8 Å². The highest BCUT2D eigenvalue weighted by Crippen LogP contribution is 2.30. The second-order valence-corrected chi connectivity index (χ2v) is 7.01. The Hall–Kier alpha value is -3.80. The first kappa shape index (κ1) is 19.5. The number of para-hydroxylation sites is 1. The highest BCUT2D eigenvalue weighted by Gasteiger charge is 2.25. The maximum absolute atomic E-state index is 13.7. The van der Waals surface area contributed by atoms with Crippen LogP contribution < -0.4 is 14.8 Å². The highest BCUT2D eigenvalue weighted by molar-refractivity contribution is 6.11. The third-order valence-electron chi connectivity index (χ3n) is 5.13. The van der Waals surface area contributed by atoms with Gasteiger partial charge in [0, 0.05) is 52.2 Å². The summed E-state index contributed by atoms with van der Waals surface area (Å²) in [5, 5.41) is 4.25. The van der Waals surface area contributed by atoms with Crippen LogP contribution in [0.15, 0.2) is 67.0 Å². The van der Waals surface area contributed by atoms with Crippen molar-refractivity contribution in [3.05, 3.63) is 83.7 Å². The molecule has 6 nitrogen and oxygen atoms in total. The molecule has 0 radical (unpaired) electrons. The number of H-pyrrole nitrogens is 1. The number of hydrogen-bond donors (Lipinski definition) is 2. The Labute approximate surface area is 174 Å². The molecule has 0 saturated heterocycles. The second-order valence-electron chi connectivity index (χ2n) is 7.01. The van der Waals surface area contributed by atoms with E-state index < -0.39 is 6.04 Å². The van der Waals surface area contributed by atoms with Gasteiger partial charge in [-0.3, -0.25) is 4.79 Å². The summed E-state index contributed by atoms with van der Waals surface area (Å²) in [4.78, 5) is 21.2. The van der Waals surface area contributed by atoms with Crippen LogP contribution in [0.4, 0.5) is 5.69 Å². The van der Waals surface area contributed by atoms with Crippen molar-refractivity contribution in [1.29, 1.82) is 0 Å². The normalized spacial score (nSPS) is 11.8. The molecule has 4 rings (SSSR count). The van der Waals surface area contributed by atoms with Gasteiger partial charge in [-0.2, -0.15) is 0 Å². The zero-order valence-corrected chi connectivity index (χ0v) is 17.1. The van der Waals surface area contributed by atoms with E-state index in [1.165, 1.54) is 0 Å². The number of hydrogen-bond acceptors (Lipinski definition) is 5. The number of nitrogens with one attached hydrogen (secondary N) is 2. The van der Waals surface area contributed by atoms with Crippen LogP contribution in [0.1, 0.15) is 27.5 Å². The number of aromatic nitrogens is 2. The largest absolute Gasteiger partial charge is 0.497 e. The van der Waals surface area contributed by atoms with E-state index in [2.05, 4.69) is 15.3 Å². The van der Waals surface area contributed by atoms with Gasteiger partial charge in [0.2, 0.25) is 5.88 Å². The second kappa shape index (κ2) is 8.29. The van der Waals surface area contributed by atoms with Gasteiger partial charge < -0.3 is 19.8 Å². The van der Waals surface area contributed by atoms with E-state index in [0.29, 0.717) is 17.2 Å². The fourth-order valence-electron chi connectivity index (χ4n) is 3.53. The third-order valence-corrected chi connectivity index (χ3v) is 5.13. The van der Waals surface area contributed by atoms with Crippen LogP contribution in [0.2, 0.25) is 0 Å². The quantitative estimate of drug-likeness (QED) is 0.430. The molecule has 0 aliphatic heterocycles. The Bertz CT molecular complexity index is 1180. The third kappa shape index (κ3) is 3.72. The molecule has 2 heterocycles. The minimum Gasteiger partial charge on any atom is -0.497 e. The fourth-order valence-corrected chi connectivity index (χ4v) is 3.53. The molecule has 1 atom stereocenters. The van der Waals surface area contributed by atoms with E-state index in [4.69, 9.17) is 9.47 Å². The molecule has 0 aliphatic rings. The number of rotatable bonds is 7. The average Bonchev–Trinajstić information content (AvgIpc) is 3.23. The number of pyridine rings is 1. The van der Waals surface area contributed by atoms with Crippen molar-refractivity contribution in [1.82, 2.24) is 9.97 Å². The van der Waals surface area contributed by atoms with Crippen LogP contribution in [-0.4, -0.2) is 30.0 Å². The van der Waals surface area contributed by atoms with E-state index in [0.717, 1.165) is 27.7 Å². The summed E-state index contributed by atoms with van der Waals surface area (Å²) >= 11 is 0. The Balaban J connectivity index is 1.76. The molecule has 0 aliphatic carbocycles. The Morgan fingerprint density at radius 2 is 1.90 bits per heavy atom. The number of ketones is 1. The number of ether oxygens (including phenoxy) is 2. The number of fused-ring (bicyclic) bond motifs is 1. The number of anilines is 1. The number of Topliss-reactive ketones (excluding diaryl/α,β-unsaturated/α-hetero) is 1. The van der Waals surface area contributed by atoms with Crippen molar-refractivity contribution in [3.63, 3.8) is 0 Å². The van der Waals surface area contributed by atoms with Crippen LogP contribution in [0, 0.1) is 6.92 Å². The first-order chi connectivity index (χ1) is 14.6. The number of aryl methyl sites for hydroxylation is 1. The van der Waals surface area contributed by atoms with Crippen LogP contribution in [0.5, 0.6) is 11.6 Å². The molecule has 30 heavy (non-hydrogen) atoms. The molecule has 0 bridgehead atoms. The molecule has 1 unspecified atom stereocenters. The Morgan fingerprint density at radius 3 is 2.63 bits per heavy atom. The lowest BCUT2D eigenvalue weighted by Gasteiger charge is -2.19. The molecular weight excluding hydrogens is 378 g/mol. The maximum Gasteiger partial charge on any atom is 0.212 e. The molecule has 152 valence electrons. The zero-order valence-electron chi connectivity index (χ0n) is 17.1. The predicted octanol–water partition coefficient (Wildman–Crippen LogP) is 4.92. The summed E-state index contributed by atoms with van der Waals surface area (Å²) < 4.78 is 10.5. The van der Waals surface area contributed by atoms with Crippen molar-refractivity contribution in [3.8, 4) is 11.6 Å². The molecule has 0 spiro atoms. The van der Waals surface area contributed by atoms with E-state index in [1.54, 1.807) is 32.7 Å². The average molecular weight is 401 g/mol. The van der Waals surface area contributed by atoms with Gasteiger partial charge in [0.05, 0.1) is 14.2 Å². The summed E-state index contributed by atoms with van der Waals surface area (Å²) in [6.45, 7) is 2.02. The first-order valence-electron chi connectivity index (χ1n) is 9.62. The first-order valence-corrected chi connectivity index (χ1v) is 9.62. The van der Waals surface area contributed by atoms with Crippen LogP contribution in [0.25, 0.3) is 10.9 Å². The minimum absolute atomic E-state index is 0.0540. The van der Waals surface area contributed by atoms with Gasteiger partial charge in [-0.05, 0) is 30.7 Å². The zero-order chi connectivity index (χ0) is 21.1. The van der Waals surface area contributed by atoms with Gasteiger partial charge in [0.25, 0.3) is 0 Å². The highest BCUT2D eigenvalue weighted by atomic mass is 16.5. The lowest BCUT2D eigenvalue weighted by Crippen LogP contribution is -2.21. The van der Waals surface area contributed by atoms with Gasteiger partial charge >= 0.3 is 0 Å². The summed E-state index contributed by atoms with van der Waals surface area (Å²) in [6.07, 6.45) is 3.44. The number of benzene rings is 2. The summed E-state index contributed by atoms with van der Waals surface area (Å²) in [6, 6.07) is 16.4. The number of methoxy groups -OCH3 is 2. The molecule has 2 N–H and O–H groups in total. The van der Waals surface area contributed by atoms with Gasteiger partial charge in [0.15, 0.2) is 5.78 Å². The lowest BCUT2D eigenvalue weighted by atomic mass is 9.97. The van der Waals surface area contributed by atoms with Gasteiger partial charge in [-0.1, -0.05) is 24.3 Å². The smallest absolute Gasteiger partial charge is 0.212 e.